The Morgan fingerprint density at radius 3 is 1.93 bits per heavy atom. The van der Waals surface area contributed by atoms with E-state index in [9.17, 15) is 50.8 Å². The van der Waals surface area contributed by atoms with Gasteiger partial charge in [-0.3, -0.25) is 10.1 Å². The van der Waals surface area contributed by atoms with Gasteiger partial charge in [0.15, 0.2) is 12.0 Å². The molecule has 0 saturated carbocycles. The Bertz CT molecular complexity index is 1340. The zero-order valence-corrected chi connectivity index (χ0v) is 32.0. The number of ether oxygens (including phenoxy) is 4. The lowest BCUT2D eigenvalue weighted by Crippen LogP contribution is -2.67. The number of carboxylic acids is 1. The molecule has 0 aromatic heterocycles. The highest BCUT2D eigenvalue weighted by Gasteiger charge is 2.50. The average Bonchev–Trinajstić information content (AvgIpc) is 3.00. The van der Waals surface area contributed by atoms with Crippen LogP contribution in [0.3, 0.4) is 0 Å². The molecule has 2 aliphatic rings. The van der Waals surface area contributed by atoms with Crippen LogP contribution >= 0.6 is 90.4 Å². The van der Waals surface area contributed by atoms with Crippen molar-refractivity contribution in [3.8, 4) is 17.2 Å². The molecule has 0 aliphatic carbocycles. The van der Waals surface area contributed by atoms with Crippen LogP contribution in [0.5, 0.6) is 17.2 Å². The van der Waals surface area contributed by atoms with Gasteiger partial charge in [-0.2, -0.15) is 0 Å². The summed E-state index contributed by atoms with van der Waals surface area (Å²) in [5, 5.41) is 94.3. The van der Waals surface area contributed by atoms with Crippen LogP contribution in [0.15, 0.2) is 24.3 Å². The second-order valence-corrected chi connectivity index (χ2v) is 15.2. The Hall–Kier alpha value is -0.0100. The number of carbonyl (C=O) groups is 1. The van der Waals surface area contributed by atoms with Gasteiger partial charge in [0.25, 0.3) is 0 Å². The summed E-state index contributed by atoms with van der Waals surface area (Å²) in [7, 11) is 0. The van der Waals surface area contributed by atoms with Crippen molar-refractivity contribution in [2.24, 2.45) is 0 Å². The van der Waals surface area contributed by atoms with Crippen LogP contribution < -0.4 is 10.1 Å². The number of hydrogen-bond acceptors (Lipinski definition) is 14. The van der Waals surface area contributed by atoms with Crippen LogP contribution in [0.25, 0.3) is 0 Å². The zero-order valence-electron chi connectivity index (χ0n) is 23.4. The van der Waals surface area contributed by atoms with E-state index >= 15 is 0 Å². The molecule has 0 bridgehead atoms. The lowest BCUT2D eigenvalue weighted by molar-refractivity contribution is -0.343. The third-order valence-electron chi connectivity index (χ3n) is 7.38. The van der Waals surface area contributed by atoms with Gasteiger partial charge in [-0.1, -0.05) is 0 Å². The Balaban J connectivity index is 1.46. The molecule has 4 rings (SSSR count). The van der Waals surface area contributed by atoms with Crippen molar-refractivity contribution < 1.29 is 69.7 Å². The van der Waals surface area contributed by atoms with E-state index in [0.717, 1.165) is 0 Å². The molecule has 11 atom stereocenters. The molecule has 2 saturated heterocycles. The summed E-state index contributed by atoms with van der Waals surface area (Å²) in [6, 6.07) is 5.52. The van der Waals surface area contributed by atoms with E-state index in [1.807, 2.05) is 45.2 Å². The van der Waals surface area contributed by atoms with Crippen molar-refractivity contribution in [1.82, 2.24) is 5.32 Å². The fourth-order valence-electron chi connectivity index (χ4n) is 4.93. The number of aliphatic carboxylic acids is 1. The van der Waals surface area contributed by atoms with Gasteiger partial charge in [0, 0.05) is 0 Å². The third kappa shape index (κ3) is 8.82. The fraction of sp³-hybridized carbons (Fsp3) is 0.519. The lowest BCUT2D eigenvalue weighted by Gasteiger charge is -2.46. The van der Waals surface area contributed by atoms with Crippen LogP contribution in [-0.2, 0) is 25.4 Å². The molecule has 2 aromatic rings. The standard InChI is InChI=1S/C27H31I4NO14/c28-10-4-9(5-11(29)17(10)35)43-23-12(30)1-8(2-13(23)31)3-14(26(41)42)32-25-21(39)20(38)24(16(7-34)44-25)46-27-22(40)19(37)18(36)15(6-33)45-27/h1-2,4-5,14-16,18-22,24-25,27,32-40H,3,6-7H2,(H,41,42)/t14-,15+,16+,18-,19-,20+,21+,22+,24+,25+,27-/m0/s1. The number of nitrogens with one attached hydrogen (secondary N) is 1. The summed E-state index contributed by atoms with van der Waals surface area (Å²) in [5.74, 6) is -0.0895. The highest BCUT2D eigenvalue weighted by Crippen LogP contribution is 2.37. The number of benzene rings is 2. The number of aliphatic hydroxyl groups is 7. The number of phenolic OH excluding ortho intramolecular Hbond substituents is 1. The van der Waals surface area contributed by atoms with E-state index < -0.39 is 86.6 Å². The van der Waals surface area contributed by atoms with E-state index in [1.165, 1.54) is 0 Å². The SMILES string of the molecule is O=C(O)[C@H](Cc1cc(I)c(Oc2cc(I)c(O)c(I)c2)c(I)c1)N[C@@H]1O[C@H](CO)[C@@H](O[C@@H]2O[C@H](CO)[C@H](O)[C@H](O)[C@H]2O)[C@H](O)[C@H]1O. The average molecular weight is 1100 g/mol. The molecule has 2 aliphatic heterocycles. The summed E-state index contributed by atoms with van der Waals surface area (Å²) in [6.07, 6.45) is -16.3. The van der Waals surface area contributed by atoms with E-state index in [1.54, 1.807) is 24.3 Å². The molecule has 0 radical (unpaired) electrons. The number of carboxylic acid groups (broad SMARTS) is 1. The third-order valence-corrected chi connectivity index (χ3v) is 10.6. The molecule has 2 fully saturated rings. The zero-order chi connectivity index (χ0) is 34.0. The van der Waals surface area contributed by atoms with Gasteiger partial charge in [-0.15, -0.1) is 0 Å². The van der Waals surface area contributed by atoms with Gasteiger partial charge in [-0.25, -0.2) is 0 Å². The monoisotopic (exact) mass is 1100 g/mol. The van der Waals surface area contributed by atoms with Gasteiger partial charge in [0.2, 0.25) is 0 Å². The summed E-state index contributed by atoms with van der Waals surface area (Å²) in [4.78, 5) is 12.3. The highest BCUT2D eigenvalue weighted by atomic mass is 127. The van der Waals surface area contributed by atoms with E-state index in [-0.39, 0.29) is 12.2 Å². The van der Waals surface area contributed by atoms with Crippen molar-refractivity contribution in [3.63, 3.8) is 0 Å². The smallest absolute Gasteiger partial charge is 0.321 e. The minimum Gasteiger partial charge on any atom is -0.506 e. The predicted molar refractivity (Wildman–Crippen MR) is 190 cm³/mol. The Morgan fingerprint density at radius 1 is 0.804 bits per heavy atom. The molecule has 2 aromatic carbocycles. The number of hydrogen-bond donors (Lipinski definition) is 10. The van der Waals surface area contributed by atoms with Gasteiger partial charge in [0.1, 0.15) is 72.6 Å². The van der Waals surface area contributed by atoms with E-state index in [4.69, 9.17) is 18.9 Å². The molecule has 0 spiro atoms. The van der Waals surface area contributed by atoms with Gasteiger partial charge in [-0.05, 0) is 127 Å². The number of halogens is 4. The van der Waals surface area contributed by atoms with Crippen LogP contribution in [-0.4, -0.2) is 133 Å². The second-order valence-electron chi connectivity index (χ2n) is 10.5. The Morgan fingerprint density at radius 2 is 1.39 bits per heavy atom. The first-order chi connectivity index (χ1) is 21.7. The van der Waals surface area contributed by atoms with E-state index in [2.05, 4.69) is 50.5 Å². The summed E-state index contributed by atoms with van der Waals surface area (Å²) in [5.41, 5.74) is 0.601. The van der Waals surface area contributed by atoms with Crippen LogP contribution in [0, 0.1) is 14.3 Å². The molecular weight excluding hydrogens is 1070 g/mol. The quantitative estimate of drug-likeness (QED) is 0.131. The largest absolute Gasteiger partial charge is 0.506 e. The van der Waals surface area contributed by atoms with Crippen LogP contribution in [0.2, 0.25) is 0 Å². The summed E-state index contributed by atoms with van der Waals surface area (Å²) >= 11 is 8.13. The number of aliphatic hydroxyl groups excluding tert-OH is 7. The minimum absolute atomic E-state index is 0.0755. The molecule has 0 unspecified atom stereocenters. The number of rotatable bonds is 11. The normalized spacial score (nSPS) is 32.2. The van der Waals surface area contributed by atoms with Crippen molar-refractivity contribution in [2.75, 3.05) is 13.2 Å². The maximum atomic E-state index is 12.3. The maximum absolute atomic E-state index is 12.3. The lowest BCUT2D eigenvalue weighted by atomic mass is 9.96. The maximum Gasteiger partial charge on any atom is 0.321 e. The molecule has 10 N–H and O–H groups in total. The van der Waals surface area contributed by atoms with Crippen molar-refractivity contribution in [3.05, 3.63) is 44.1 Å². The highest BCUT2D eigenvalue weighted by molar-refractivity contribution is 14.1. The molecular formula is C27H31I4NO14. The number of aromatic hydroxyl groups is 1. The molecule has 46 heavy (non-hydrogen) atoms. The summed E-state index contributed by atoms with van der Waals surface area (Å²) < 4.78 is 25.2. The van der Waals surface area contributed by atoms with Crippen LogP contribution in [0.4, 0.5) is 0 Å². The predicted octanol–water partition coefficient (Wildman–Crippen LogP) is -0.188. The van der Waals surface area contributed by atoms with Gasteiger partial charge < -0.3 is 64.9 Å². The van der Waals surface area contributed by atoms with Crippen molar-refractivity contribution >= 4 is 96.3 Å². The Kier molecular flexibility index (Phi) is 14.2. The molecule has 0 amide bonds. The fourth-order valence-corrected chi connectivity index (χ4v) is 8.75. The van der Waals surface area contributed by atoms with Crippen molar-refractivity contribution in [1.29, 1.82) is 0 Å². The van der Waals surface area contributed by atoms with E-state index in [0.29, 0.717) is 31.3 Å². The van der Waals surface area contributed by atoms with Crippen LogP contribution in [0.1, 0.15) is 5.56 Å². The molecule has 2 heterocycles. The minimum atomic E-state index is -1.82. The molecule has 15 nitrogen and oxygen atoms in total. The molecule has 256 valence electrons. The first-order valence-corrected chi connectivity index (χ1v) is 17.9. The van der Waals surface area contributed by atoms with Gasteiger partial charge in [0.05, 0.1) is 27.5 Å². The Labute approximate surface area is 316 Å². The molecule has 19 heteroatoms. The first kappa shape index (κ1) is 38.8. The number of phenols is 1. The second kappa shape index (κ2) is 16.8. The van der Waals surface area contributed by atoms with Crippen molar-refractivity contribution in [2.45, 2.75) is 73.8 Å². The topological polar surface area (TPSA) is 248 Å². The first-order valence-electron chi connectivity index (χ1n) is 13.6. The summed E-state index contributed by atoms with van der Waals surface area (Å²) in [6.45, 7) is -1.49. The van der Waals surface area contributed by atoms with Gasteiger partial charge >= 0.3 is 5.97 Å².